The van der Waals surface area contributed by atoms with Crippen molar-refractivity contribution in [1.82, 2.24) is 4.98 Å². The van der Waals surface area contributed by atoms with Crippen LogP contribution in [-0.4, -0.2) is 12.1 Å². The maximum absolute atomic E-state index is 13.4. The normalized spacial score (nSPS) is 10.8. The number of methoxy groups -OCH3 is 1. The summed E-state index contributed by atoms with van der Waals surface area (Å²) in [4.78, 5) is 3.91. The van der Waals surface area contributed by atoms with Crippen LogP contribution in [0.1, 0.15) is 5.56 Å². The van der Waals surface area contributed by atoms with Gasteiger partial charge in [0.1, 0.15) is 17.2 Å². The lowest BCUT2D eigenvalue weighted by molar-refractivity contribution is 0.394. The average Bonchev–Trinajstić information content (AvgIpc) is 2.32. The van der Waals surface area contributed by atoms with Gasteiger partial charge in [-0.2, -0.15) is 0 Å². The van der Waals surface area contributed by atoms with Gasteiger partial charge < -0.3 is 10.5 Å². The van der Waals surface area contributed by atoms with E-state index < -0.39 is 11.6 Å². The second-order valence-corrected chi connectivity index (χ2v) is 3.29. The van der Waals surface area contributed by atoms with E-state index in [0.717, 1.165) is 12.1 Å². The Morgan fingerprint density at radius 3 is 2.62 bits per heavy atom. The fraction of sp³-hybridized carbons (Fsp3) is 0.182. The highest BCUT2D eigenvalue weighted by molar-refractivity contribution is 5.81. The van der Waals surface area contributed by atoms with Crippen molar-refractivity contribution in [2.24, 2.45) is 5.73 Å². The number of aromatic nitrogens is 1. The van der Waals surface area contributed by atoms with Crippen molar-refractivity contribution in [3.63, 3.8) is 0 Å². The lowest BCUT2D eigenvalue weighted by Crippen LogP contribution is -2.03. The molecule has 0 unspecified atom stereocenters. The molecule has 84 valence electrons. The summed E-state index contributed by atoms with van der Waals surface area (Å²) in [6.07, 6.45) is 0. The molecule has 5 heteroatoms. The highest BCUT2D eigenvalue weighted by Gasteiger charge is 2.12. The first-order valence-corrected chi connectivity index (χ1v) is 4.69. The van der Waals surface area contributed by atoms with Gasteiger partial charge in [0.2, 0.25) is 5.88 Å². The largest absolute Gasteiger partial charge is 0.481 e. The summed E-state index contributed by atoms with van der Waals surface area (Å²) in [7, 11) is 1.41. The second-order valence-electron chi connectivity index (χ2n) is 3.29. The number of pyridine rings is 1. The van der Waals surface area contributed by atoms with E-state index in [0.29, 0.717) is 5.56 Å². The van der Waals surface area contributed by atoms with Gasteiger partial charge in [0.05, 0.1) is 7.11 Å². The molecule has 16 heavy (non-hydrogen) atoms. The second kappa shape index (κ2) is 4.02. The van der Waals surface area contributed by atoms with Crippen molar-refractivity contribution >= 4 is 10.9 Å². The summed E-state index contributed by atoms with van der Waals surface area (Å²) < 4.78 is 31.8. The molecule has 1 aromatic carbocycles. The van der Waals surface area contributed by atoms with Gasteiger partial charge in [-0.1, -0.05) is 0 Å². The van der Waals surface area contributed by atoms with Gasteiger partial charge in [-0.25, -0.2) is 13.8 Å². The minimum atomic E-state index is -0.585. The van der Waals surface area contributed by atoms with Crippen molar-refractivity contribution in [3.8, 4) is 5.88 Å². The number of hydrogen-bond acceptors (Lipinski definition) is 3. The lowest BCUT2D eigenvalue weighted by Gasteiger charge is -2.08. The summed E-state index contributed by atoms with van der Waals surface area (Å²) in [6, 6.07) is 3.55. The first kappa shape index (κ1) is 10.8. The minimum Gasteiger partial charge on any atom is -0.481 e. The van der Waals surface area contributed by atoms with Crippen LogP contribution >= 0.6 is 0 Å². The number of ether oxygens (including phenoxy) is 1. The quantitative estimate of drug-likeness (QED) is 0.848. The van der Waals surface area contributed by atoms with Crippen molar-refractivity contribution in [3.05, 3.63) is 35.4 Å². The molecule has 0 aliphatic heterocycles. The number of nitrogens with zero attached hydrogens (tertiary/aromatic N) is 1. The summed E-state index contributed by atoms with van der Waals surface area (Å²) >= 11 is 0. The molecule has 2 rings (SSSR count). The molecule has 0 aliphatic carbocycles. The highest BCUT2D eigenvalue weighted by Crippen LogP contribution is 2.25. The van der Waals surface area contributed by atoms with Crippen molar-refractivity contribution < 1.29 is 13.5 Å². The third-order valence-electron chi connectivity index (χ3n) is 2.33. The van der Waals surface area contributed by atoms with Crippen LogP contribution < -0.4 is 10.5 Å². The summed E-state index contributed by atoms with van der Waals surface area (Å²) in [5.41, 5.74) is 5.96. The molecule has 0 fully saturated rings. The van der Waals surface area contributed by atoms with Crippen LogP contribution in [0.25, 0.3) is 10.9 Å². The number of nitrogens with two attached hydrogens (primary N) is 1. The Labute approximate surface area is 90.8 Å². The topological polar surface area (TPSA) is 48.1 Å². The average molecular weight is 224 g/mol. The Kier molecular flexibility index (Phi) is 2.70. The van der Waals surface area contributed by atoms with Crippen LogP contribution in [0.3, 0.4) is 0 Å². The molecule has 0 amide bonds. The SMILES string of the molecule is COc1nc2c(F)ccc(F)c2cc1CN. The van der Waals surface area contributed by atoms with Gasteiger partial charge in [0.25, 0.3) is 0 Å². The molecule has 2 N–H and O–H groups in total. The van der Waals surface area contributed by atoms with Crippen LogP contribution in [0.2, 0.25) is 0 Å². The molecule has 0 radical (unpaired) electrons. The molecular weight excluding hydrogens is 214 g/mol. The zero-order valence-corrected chi connectivity index (χ0v) is 8.63. The molecule has 0 saturated heterocycles. The Hall–Kier alpha value is -1.75. The standard InChI is InChI=1S/C11H10F2N2O/c1-16-11-6(5-14)4-7-8(12)2-3-9(13)10(7)15-11/h2-4H,5,14H2,1H3. The molecule has 1 heterocycles. The van der Waals surface area contributed by atoms with E-state index in [4.69, 9.17) is 10.5 Å². The summed E-state index contributed by atoms with van der Waals surface area (Å²) in [5, 5.41) is 0.112. The smallest absolute Gasteiger partial charge is 0.218 e. The maximum atomic E-state index is 13.4. The minimum absolute atomic E-state index is 0.0472. The zero-order chi connectivity index (χ0) is 11.7. The Morgan fingerprint density at radius 2 is 2.00 bits per heavy atom. The first-order chi connectivity index (χ1) is 7.67. The number of fused-ring (bicyclic) bond motifs is 1. The highest BCUT2D eigenvalue weighted by atomic mass is 19.1. The van der Waals surface area contributed by atoms with Gasteiger partial charge in [-0.3, -0.25) is 0 Å². The van der Waals surface area contributed by atoms with Crippen LogP contribution in [0, 0.1) is 11.6 Å². The Bertz CT molecular complexity index is 494. The monoisotopic (exact) mass is 224 g/mol. The molecule has 0 bridgehead atoms. The van der Waals surface area contributed by atoms with Crippen LogP contribution in [0.15, 0.2) is 18.2 Å². The predicted molar refractivity (Wildman–Crippen MR) is 56.1 cm³/mol. The van der Waals surface area contributed by atoms with Crippen LogP contribution in [0.5, 0.6) is 5.88 Å². The fourth-order valence-electron chi connectivity index (χ4n) is 1.54. The molecule has 0 aliphatic rings. The third-order valence-corrected chi connectivity index (χ3v) is 2.33. The summed E-state index contributed by atoms with van der Waals surface area (Å²) in [5.74, 6) is -0.890. The van der Waals surface area contributed by atoms with E-state index in [1.807, 2.05) is 0 Å². The van der Waals surface area contributed by atoms with Crippen molar-refractivity contribution in [2.75, 3.05) is 7.11 Å². The van der Waals surface area contributed by atoms with E-state index in [2.05, 4.69) is 4.98 Å². The number of rotatable bonds is 2. The van der Waals surface area contributed by atoms with Crippen LogP contribution in [0.4, 0.5) is 8.78 Å². The third kappa shape index (κ3) is 1.59. The van der Waals surface area contributed by atoms with Gasteiger partial charge >= 0.3 is 0 Å². The van der Waals surface area contributed by atoms with Gasteiger partial charge in [-0.15, -0.1) is 0 Å². The molecule has 0 atom stereocenters. The predicted octanol–water partition coefficient (Wildman–Crippen LogP) is 1.98. The van der Waals surface area contributed by atoms with E-state index in [1.54, 1.807) is 0 Å². The first-order valence-electron chi connectivity index (χ1n) is 4.69. The fourth-order valence-corrected chi connectivity index (χ4v) is 1.54. The zero-order valence-electron chi connectivity index (χ0n) is 8.63. The molecular formula is C11H10F2N2O. The molecule has 1 aromatic heterocycles. The molecule has 3 nitrogen and oxygen atoms in total. The number of benzene rings is 1. The van der Waals surface area contributed by atoms with Gasteiger partial charge in [0.15, 0.2) is 0 Å². The summed E-state index contributed by atoms with van der Waals surface area (Å²) in [6.45, 7) is 0.155. The Balaban J connectivity index is 2.82. The lowest BCUT2D eigenvalue weighted by atomic mass is 10.1. The maximum Gasteiger partial charge on any atom is 0.218 e. The Morgan fingerprint density at radius 1 is 1.31 bits per heavy atom. The number of halogens is 2. The van der Waals surface area contributed by atoms with E-state index in [9.17, 15) is 8.78 Å². The molecule has 2 aromatic rings. The van der Waals surface area contributed by atoms with E-state index in [1.165, 1.54) is 13.2 Å². The number of hydrogen-bond donors (Lipinski definition) is 1. The van der Waals surface area contributed by atoms with Crippen molar-refractivity contribution in [2.45, 2.75) is 6.54 Å². The van der Waals surface area contributed by atoms with Crippen molar-refractivity contribution in [1.29, 1.82) is 0 Å². The van der Waals surface area contributed by atoms with Gasteiger partial charge in [-0.05, 0) is 18.2 Å². The molecule has 0 spiro atoms. The van der Waals surface area contributed by atoms with Crippen LogP contribution in [-0.2, 0) is 6.54 Å². The van der Waals surface area contributed by atoms with E-state index >= 15 is 0 Å². The molecule has 0 saturated carbocycles. The van der Waals surface area contributed by atoms with Gasteiger partial charge in [0, 0.05) is 17.5 Å². The van der Waals surface area contributed by atoms with E-state index in [-0.39, 0.29) is 23.3 Å².